The smallest absolute Gasteiger partial charge is 0.196 e. The van der Waals surface area contributed by atoms with Gasteiger partial charge in [0.2, 0.25) is 0 Å². The van der Waals surface area contributed by atoms with Crippen molar-refractivity contribution in [3.8, 4) is 67.5 Å². The number of rotatable bonds is 12. The van der Waals surface area contributed by atoms with Crippen LogP contribution < -0.4 is 39.7 Å². The molecule has 0 aliphatic carbocycles. The van der Waals surface area contributed by atoms with Crippen LogP contribution >= 0.6 is 0 Å². The summed E-state index contributed by atoms with van der Waals surface area (Å²) in [5.74, 6) is 3.03. The molecule has 8 rings (SSSR count). The van der Waals surface area contributed by atoms with Crippen LogP contribution in [0.1, 0.15) is 0 Å². The van der Waals surface area contributed by atoms with Crippen LogP contribution in [0.15, 0.2) is 194 Å². The number of methoxy groups -OCH3 is 4. The van der Waals surface area contributed by atoms with Gasteiger partial charge in [-0.1, -0.05) is 170 Å². The first-order chi connectivity index (χ1) is 28.1. The summed E-state index contributed by atoms with van der Waals surface area (Å²) in [6, 6.07) is 68.3. The summed E-state index contributed by atoms with van der Waals surface area (Å²) in [6.07, 6.45) is 0. The second kappa shape index (κ2) is 16.5. The molecule has 4 nitrogen and oxygen atoms in total. The van der Waals surface area contributed by atoms with Crippen molar-refractivity contribution in [1.82, 2.24) is 0 Å². The van der Waals surface area contributed by atoms with Crippen molar-refractivity contribution >= 4 is 28.8 Å². The average Bonchev–Trinajstić information content (AvgIpc) is 3.30. The molecule has 0 bridgehead atoms. The van der Waals surface area contributed by atoms with E-state index >= 15 is 0 Å². The molecule has 5 heteroatoms. The second-order valence-electron chi connectivity index (χ2n) is 13.9. The molecular weight excluding hydrogens is 717 g/mol. The van der Waals surface area contributed by atoms with E-state index in [9.17, 15) is 0 Å². The molecule has 8 aromatic rings. The number of benzene rings is 8. The first kappa shape index (κ1) is 37.1. The summed E-state index contributed by atoms with van der Waals surface area (Å²) in [6.45, 7) is 0. The monoisotopic (exact) mass is 760 g/mol. The summed E-state index contributed by atoms with van der Waals surface area (Å²) in [5, 5.41) is 4.12. The van der Waals surface area contributed by atoms with Crippen LogP contribution in [0.5, 0.6) is 23.0 Å². The van der Waals surface area contributed by atoms with E-state index in [0.29, 0.717) is 0 Å². The zero-order chi connectivity index (χ0) is 39.2. The Morgan fingerprint density at radius 1 is 0.246 bits per heavy atom. The normalized spacial score (nSPS) is 11.2. The van der Waals surface area contributed by atoms with Crippen molar-refractivity contribution in [3.63, 3.8) is 0 Å². The SMILES string of the molecule is COc1ccc(-c2ccccc2)cc1[Si](c1cc(-c2ccccc2)ccc1OC)(c1cc(-c2ccccc2)ccc1OC)c1cc(-c2ccccc2)ccc1OC. The number of hydrogen-bond donors (Lipinski definition) is 0. The molecule has 0 radical (unpaired) electrons. The molecule has 0 saturated heterocycles. The molecule has 0 aliphatic rings. The lowest BCUT2D eigenvalue weighted by Gasteiger charge is -2.38. The van der Waals surface area contributed by atoms with Crippen LogP contribution in [0.2, 0.25) is 0 Å². The summed E-state index contributed by atoms with van der Waals surface area (Å²) < 4.78 is 25.9. The summed E-state index contributed by atoms with van der Waals surface area (Å²) >= 11 is 0. The third kappa shape index (κ3) is 6.99. The Hall–Kier alpha value is -6.82. The van der Waals surface area contributed by atoms with Gasteiger partial charge in [0.15, 0.2) is 8.07 Å². The minimum absolute atomic E-state index is 0.757. The lowest BCUT2D eigenvalue weighted by Crippen LogP contribution is -2.75. The molecule has 0 fully saturated rings. The van der Waals surface area contributed by atoms with E-state index in [4.69, 9.17) is 18.9 Å². The Morgan fingerprint density at radius 3 is 0.649 bits per heavy atom. The van der Waals surface area contributed by atoms with E-state index in [1.54, 1.807) is 28.4 Å². The fraction of sp³-hybridized carbons (Fsp3) is 0.0769. The van der Waals surface area contributed by atoms with Crippen LogP contribution in [-0.2, 0) is 0 Å². The lowest BCUT2D eigenvalue weighted by molar-refractivity contribution is 0.414. The molecule has 0 heterocycles. The second-order valence-corrected chi connectivity index (χ2v) is 17.5. The van der Waals surface area contributed by atoms with Crippen molar-refractivity contribution < 1.29 is 18.9 Å². The molecule has 0 aromatic heterocycles. The molecule has 0 atom stereocenters. The average molecular weight is 761 g/mol. The molecule has 8 aromatic carbocycles. The Labute approximate surface area is 336 Å². The van der Waals surface area contributed by atoms with Crippen molar-refractivity contribution in [2.75, 3.05) is 28.4 Å². The third-order valence-electron chi connectivity index (χ3n) is 10.8. The fourth-order valence-electron chi connectivity index (χ4n) is 8.12. The minimum atomic E-state index is -3.72. The maximum Gasteiger partial charge on any atom is 0.196 e. The van der Waals surface area contributed by atoms with Gasteiger partial charge in [-0.3, -0.25) is 0 Å². The Morgan fingerprint density at radius 2 is 0.456 bits per heavy atom. The van der Waals surface area contributed by atoms with E-state index in [0.717, 1.165) is 88.3 Å². The highest BCUT2D eigenvalue weighted by Gasteiger charge is 2.50. The summed E-state index contributed by atoms with van der Waals surface area (Å²) in [5.41, 5.74) is 8.67. The lowest BCUT2D eigenvalue weighted by atomic mass is 10.1. The molecule has 0 aliphatic heterocycles. The van der Waals surface area contributed by atoms with E-state index < -0.39 is 8.07 Å². The zero-order valence-corrected chi connectivity index (χ0v) is 33.6. The van der Waals surface area contributed by atoms with Gasteiger partial charge in [0.05, 0.1) is 28.4 Å². The van der Waals surface area contributed by atoms with Crippen LogP contribution in [0.4, 0.5) is 0 Å². The van der Waals surface area contributed by atoms with Crippen molar-refractivity contribution in [1.29, 1.82) is 0 Å². The quantitative estimate of drug-likeness (QED) is 0.0919. The molecule has 0 amide bonds. The maximum absolute atomic E-state index is 6.48. The van der Waals surface area contributed by atoms with Crippen molar-refractivity contribution in [3.05, 3.63) is 194 Å². The number of hydrogen-bond acceptors (Lipinski definition) is 4. The van der Waals surface area contributed by atoms with Crippen LogP contribution in [-0.4, -0.2) is 36.5 Å². The maximum atomic E-state index is 6.48. The van der Waals surface area contributed by atoms with Gasteiger partial charge in [0, 0.05) is 0 Å². The van der Waals surface area contributed by atoms with Gasteiger partial charge in [-0.25, -0.2) is 0 Å². The topological polar surface area (TPSA) is 36.9 Å². The van der Waals surface area contributed by atoms with Gasteiger partial charge in [-0.05, 0) is 89.5 Å². The highest BCUT2D eigenvalue weighted by Crippen LogP contribution is 2.34. The number of ether oxygens (including phenoxy) is 4. The van der Waals surface area contributed by atoms with E-state index in [2.05, 4.69) is 170 Å². The predicted molar refractivity (Wildman–Crippen MR) is 238 cm³/mol. The Balaban J connectivity index is 1.63. The predicted octanol–water partition coefficient (Wildman–Crippen LogP) is 9.77. The van der Waals surface area contributed by atoms with Crippen molar-refractivity contribution in [2.45, 2.75) is 0 Å². The molecule has 0 spiro atoms. The van der Waals surface area contributed by atoms with Gasteiger partial charge < -0.3 is 18.9 Å². The van der Waals surface area contributed by atoms with Gasteiger partial charge in [0.25, 0.3) is 0 Å². The van der Waals surface area contributed by atoms with E-state index in [1.807, 2.05) is 24.3 Å². The van der Waals surface area contributed by atoms with E-state index in [1.165, 1.54) is 0 Å². The molecule has 0 N–H and O–H groups in total. The van der Waals surface area contributed by atoms with Crippen LogP contribution in [0.25, 0.3) is 44.5 Å². The van der Waals surface area contributed by atoms with Crippen molar-refractivity contribution in [2.24, 2.45) is 0 Å². The Kier molecular flexibility index (Phi) is 10.7. The molecule has 280 valence electrons. The standard InChI is InChI=1S/C52H44O4Si/c1-53-45-29-25-41(37-17-9-5-10-18-37)33-49(45)57(50-34-42(26-30-46(50)54-2)38-19-11-6-12-20-38,51-35-43(27-31-47(51)55-3)39-21-13-7-14-22-39)52-36-44(28-32-48(52)56-4)40-23-15-8-16-24-40/h5-36H,1-4H3. The zero-order valence-electron chi connectivity index (χ0n) is 32.6. The largest absolute Gasteiger partial charge is 0.497 e. The van der Waals surface area contributed by atoms with Gasteiger partial charge in [0.1, 0.15) is 23.0 Å². The first-order valence-corrected chi connectivity index (χ1v) is 21.0. The van der Waals surface area contributed by atoms with Gasteiger partial charge in [-0.15, -0.1) is 0 Å². The van der Waals surface area contributed by atoms with Gasteiger partial charge >= 0.3 is 0 Å². The first-order valence-electron chi connectivity index (χ1n) is 19.0. The molecule has 0 unspecified atom stereocenters. The van der Waals surface area contributed by atoms with Crippen LogP contribution in [0.3, 0.4) is 0 Å². The van der Waals surface area contributed by atoms with E-state index in [-0.39, 0.29) is 0 Å². The minimum Gasteiger partial charge on any atom is -0.497 e. The molecule has 57 heavy (non-hydrogen) atoms. The molecule has 0 saturated carbocycles. The summed E-state index contributed by atoms with van der Waals surface area (Å²) in [4.78, 5) is 0. The fourth-order valence-corrected chi connectivity index (χ4v) is 13.6. The van der Waals surface area contributed by atoms with Gasteiger partial charge in [-0.2, -0.15) is 0 Å². The van der Waals surface area contributed by atoms with Crippen LogP contribution in [0, 0.1) is 0 Å². The third-order valence-corrected chi connectivity index (χ3v) is 15.6. The molecular formula is C52H44O4Si. The highest BCUT2D eigenvalue weighted by atomic mass is 28.3. The Bertz CT molecular complexity index is 2240. The highest BCUT2D eigenvalue weighted by molar-refractivity contribution is 7.21. The summed E-state index contributed by atoms with van der Waals surface area (Å²) in [7, 11) is 3.31.